The summed E-state index contributed by atoms with van der Waals surface area (Å²) in [4.78, 5) is 0. The summed E-state index contributed by atoms with van der Waals surface area (Å²) in [6, 6.07) is 18.6. The summed E-state index contributed by atoms with van der Waals surface area (Å²) in [6.07, 6.45) is 17.3. The Morgan fingerprint density at radius 1 is 0.800 bits per heavy atom. The van der Waals surface area contributed by atoms with Gasteiger partial charge in [-0.3, -0.25) is 0 Å². The molecule has 0 radical (unpaired) electrons. The topological polar surface area (TPSA) is 0 Å². The highest BCUT2D eigenvalue weighted by Gasteiger charge is 2.33. The summed E-state index contributed by atoms with van der Waals surface area (Å²) in [5, 5.41) is 0. The Bertz CT molecular complexity index is 774. The van der Waals surface area contributed by atoms with E-state index in [-0.39, 0.29) is 0 Å². The van der Waals surface area contributed by atoms with Crippen molar-refractivity contribution in [3.63, 3.8) is 0 Å². The fraction of sp³-hybridized carbons (Fsp3) is 0.533. The van der Waals surface area contributed by atoms with E-state index in [0.29, 0.717) is 0 Å². The highest BCUT2D eigenvalue weighted by Crippen LogP contribution is 2.46. The van der Waals surface area contributed by atoms with Gasteiger partial charge in [0.15, 0.2) is 0 Å². The van der Waals surface area contributed by atoms with Crippen LogP contribution in [-0.2, 0) is 6.42 Å². The molecule has 0 saturated heterocycles. The van der Waals surface area contributed by atoms with E-state index in [2.05, 4.69) is 62.0 Å². The first-order valence-corrected chi connectivity index (χ1v) is 12.6. The Morgan fingerprint density at radius 3 is 2.07 bits per heavy atom. The van der Waals surface area contributed by atoms with Crippen LogP contribution in [0.2, 0.25) is 0 Å². The Balaban J connectivity index is 1.30. The molecule has 0 aromatic heterocycles. The second-order valence-corrected chi connectivity index (χ2v) is 9.99. The predicted molar refractivity (Wildman–Crippen MR) is 131 cm³/mol. The van der Waals surface area contributed by atoms with Gasteiger partial charge in [-0.05, 0) is 97.3 Å². The maximum atomic E-state index is 3.82. The van der Waals surface area contributed by atoms with Crippen molar-refractivity contribution >= 4 is 0 Å². The molecular weight excluding hydrogens is 360 g/mol. The molecule has 0 spiro atoms. The van der Waals surface area contributed by atoms with Crippen molar-refractivity contribution < 1.29 is 0 Å². The van der Waals surface area contributed by atoms with Gasteiger partial charge in [-0.2, -0.15) is 0 Å². The first kappa shape index (κ1) is 21.4. The smallest absolute Gasteiger partial charge is 0.0162 e. The van der Waals surface area contributed by atoms with Gasteiger partial charge in [-0.1, -0.05) is 80.8 Å². The number of hydrogen-bond acceptors (Lipinski definition) is 0. The first-order valence-electron chi connectivity index (χ1n) is 12.6. The van der Waals surface area contributed by atoms with E-state index in [1.165, 1.54) is 74.5 Å². The van der Waals surface area contributed by atoms with Crippen LogP contribution in [0.1, 0.15) is 88.2 Å². The zero-order chi connectivity index (χ0) is 20.8. The molecule has 0 amide bonds. The van der Waals surface area contributed by atoms with Crippen LogP contribution in [0, 0.1) is 17.8 Å². The molecule has 0 heterocycles. The number of rotatable bonds is 8. The molecule has 2 aromatic rings. The van der Waals surface area contributed by atoms with Gasteiger partial charge < -0.3 is 0 Å². The van der Waals surface area contributed by atoms with Crippen molar-refractivity contribution in [2.75, 3.05) is 0 Å². The molecular formula is C30H40. The lowest BCUT2D eigenvalue weighted by Crippen LogP contribution is -2.19. The number of benzene rings is 2. The minimum Gasteiger partial charge on any atom is -0.103 e. The zero-order valence-corrected chi connectivity index (χ0v) is 19.0. The third kappa shape index (κ3) is 5.26. The quantitative estimate of drug-likeness (QED) is 0.388. The lowest BCUT2D eigenvalue weighted by atomic mass is 9.73. The van der Waals surface area contributed by atoms with Gasteiger partial charge in [0.2, 0.25) is 0 Å². The molecule has 0 bridgehead atoms. The lowest BCUT2D eigenvalue weighted by Gasteiger charge is -2.32. The van der Waals surface area contributed by atoms with Gasteiger partial charge in [0.1, 0.15) is 0 Å². The molecule has 2 fully saturated rings. The molecule has 2 aliphatic rings. The van der Waals surface area contributed by atoms with Crippen LogP contribution in [-0.4, -0.2) is 0 Å². The lowest BCUT2D eigenvalue weighted by molar-refractivity contribution is 0.229. The summed E-state index contributed by atoms with van der Waals surface area (Å²) < 4.78 is 0. The molecule has 2 atom stereocenters. The second kappa shape index (κ2) is 10.5. The van der Waals surface area contributed by atoms with E-state index < -0.39 is 0 Å². The van der Waals surface area contributed by atoms with Crippen LogP contribution >= 0.6 is 0 Å². The van der Waals surface area contributed by atoms with E-state index in [0.717, 1.165) is 36.5 Å². The molecule has 2 unspecified atom stereocenters. The molecule has 0 N–H and O–H groups in total. The maximum absolute atomic E-state index is 3.82. The van der Waals surface area contributed by atoms with Gasteiger partial charge in [0.05, 0.1) is 0 Å². The van der Waals surface area contributed by atoms with Gasteiger partial charge in [0.25, 0.3) is 0 Å². The van der Waals surface area contributed by atoms with Crippen molar-refractivity contribution in [1.82, 2.24) is 0 Å². The van der Waals surface area contributed by atoms with Crippen molar-refractivity contribution in [2.45, 2.75) is 83.5 Å². The SMILES string of the molecule is C=CCCc1ccc(-c2ccc(C3CCC(C4CCC(CCC)C4)CC3)cc2)cc1. The fourth-order valence-corrected chi connectivity index (χ4v) is 6.22. The van der Waals surface area contributed by atoms with E-state index in [1.807, 2.05) is 6.08 Å². The summed E-state index contributed by atoms with van der Waals surface area (Å²) in [5.74, 6) is 3.88. The average Bonchev–Trinajstić information content (AvgIpc) is 3.27. The summed E-state index contributed by atoms with van der Waals surface area (Å²) in [7, 11) is 0. The Labute approximate surface area is 184 Å². The van der Waals surface area contributed by atoms with Crippen LogP contribution in [0.25, 0.3) is 11.1 Å². The highest BCUT2D eigenvalue weighted by atomic mass is 14.4. The van der Waals surface area contributed by atoms with E-state index in [1.54, 1.807) is 5.56 Å². The van der Waals surface area contributed by atoms with E-state index >= 15 is 0 Å². The molecule has 2 aliphatic carbocycles. The second-order valence-electron chi connectivity index (χ2n) is 9.99. The molecule has 2 saturated carbocycles. The van der Waals surface area contributed by atoms with Crippen LogP contribution < -0.4 is 0 Å². The van der Waals surface area contributed by atoms with Crippen molar-refractivity contribution in [2.24, 2.45) is 17.8 Å². The Kier molecular flexibility index (Phi) is 7.47. The monoisotopic (exact) mass is 400 g/mol. The number of aryl methyl sites for hydroxylation is 1. The van der Waals surface area contributed by atoms with Crippen molar-refractivity contribution in [3.05, 3.63) is 72.3 Å². The molecule has 4 rings (SSSR count). The van der Waals surface area contributed by atoms with Crippen molar-refractivity contribution in [3.8, 4) is 11.1 Å². The predicted octanol–water partition coefficient (Wildman–Crippen LogP) is 8.96. The number of hydrogen-bond donors (Lipinski definition) is 0. The van der Waals surface area contributed by atoms with Crippen LogP contribution in [0.5, 0.6) is 0 Å². The zero-order valence-electron chi connectivity index (χ0n) is 19.0. The van der Waals surface area contributed by atoms with Crippen LogP contribution in [0.3, 0.4) is 0 Å². The number of allylic oxidation sites excluding steroid dienone is 1. The minimum atomic E-state index is 0.782. The summed E-state index contributed by atoms with van der Waals surface area (Å²) in [6.45, 7) is 6.17. The average molecular weight is 401 g/mol. The minimum absolute atomic E-state index is 0.782. The third-order valence-corrected chi connectivity index (χ3v) is 8.02. The first-order chi connectivity index (χ1) is 14.8. The largest absolute Gasteiger partial charge is 0.103 e. The fourth-order valence-electron chi connectivity index (χ4n) is 6.22. The summed E-state index contributed by atoms with van der Waals surface area (Å²) in [5.41, 5.74) is 5.64. The molecule has 2 aromatic carbocycles. The van der Waals surface area contributed by atoms with Gasteiger partial charge in [-0.25, -0.2) is 0 Å². The maximum Gasteiger partial charge on any atom is -0.0162 e. The van der Waals surface area contributed by atoms with Crippen LogP contribution in [0.4, 0.5) is 0 Å². The Hall–Kier alpha value is -1.82. The van der Waals surface area contributed by atoms with E-state index in [9.17, 15) is 0 Å². The normalized spacial score (nSPS) is 26.6. The third-order valence-electron chi connectivity index (χ3n) is 8.02. The van der Waals surface area contributed by atoms with Gasteiger partial charge in [0, 0.05) is 0 Å². The Morgan fingerprint density at radius 2 is 1.43 bits per heavy atom. The molecule has 0 heteroatoms. The summed E-state index contributed by atoms with van der Waals surface area (Å²) >= 11 is 0. The van der Waals surface area contributed by atoms with Crippen molar-refractivity contribution in [1.29, 1.82) is 0 Å². The van der Waals surface area contributed by atoms with Gasteiger partial charge >= 0.3 is 0 Å². The molecule has 30 heavy (non-hydrogen) atoms. The van der Waals surface area contributed by atoms with E-state index in [4.69, 9.17) is 0 Å². The molecule has 0 nitrogen and oxygen atoms in total. The highest BCUT2D eigenvalue weighted by molar-refractivity contribution is 5.64. The molecule has 160 valence electrons. The molecule has 0 aliphatic heterocycles. The van der Waals surface area contributed by atoms with Gasteiger partial charge in [-0.15, -0.1) is 6.58 Å². The van der Waals surface area contributed by atoms with Crippen LogP contribution in [0.15, 0.2) is 61.2 Å². The standard InChI is InChI=1S/C30H40/c1-3-5-7-23-8-11-25(12-9-23)26-14-16-27(17-15-26)28-18-20-29(21-19-28)30-13-10-24(22-30)6-4-2/h3,8-9,11-12,14-17,24,28-30H,1,4-7,10,13,18-22H2,2H3.